The van der Waals surface area contributed by atoms with Crippen molar-refractivity contribution in [1.82, 2.24) is 0 Å². The molecule has 64 valence electrons. The molecular formula is C9H11BrN2. The Morgan fingerprint density at radius 2 is 2.25 bits per heavy atom. The highest BCUT2D eigenvalue weighted by atomic mass is 79.9. The van der Waals surface area contributed by atoms with Crippen molar-refractivity contribution in [3.63, 3.8) is 0 Å². The van der Waals surface area contributed by atoms with Gasteiger partial charge in [-0.15, -0.1) is 0 Å². The van der Waals surface area contributed by atoms with Crippen molar-refractivity contribution in [2.24, 2.45) is 5.73 Å². The molecule has 0 fully saturated rings. The van der Waals surface area contributed by atoms with Crippen LogP contribution in [0.15, 0.2) is 35.6 Å². The average Bonchev–Trinajstić information content (AvgIpc) is 2.11. The van der Waals surface area contributed by atoms with Crippen molar-refractivity contribution in [3.05, 3.63) is 35.6 Å². The second-order valence-corrected chi connectivity index (χ2v) is 2.67. The van der Waals surface area contributed by atoms with Crippen molar-refractivity contribution in [3.8, 4) is 6.07 Å². The fourth-order valence-electron chi connectivity index (χ4n) is 0.551. The van der Waals surface area contributed by atoms with Gasteiger partial charge >= 0.3 is 0 Å². The van der Waals surface area contributed by atoms with Crippen LogP contribution in [0.2, 0.25) is 0 Å². The van der Waals surface area contributed by atoms with Gasteiger partial charge in [-0.2, -0.15) is 5.26 Å². The first kappa shape index (κ1) is 11.0. The molecule has 0 aromatic heterocycles. The van der Waals surface area contributed by atoms with Crippen LogP contribution < -0.4 is 5.73 Å². The Kier molecular flexibility index (Phi) is 6.12. The van der Waals surface area contributed by atoms with E-state index in [1.807, 2.05) is 19.1 Å². The van der Waals surface area contributed by atoms with Gasteiger partial charge in [0.25, 0.3) is 0 Å². The van der Waals surface area contributed by atoms with Gasteiger partial charge < -0.3 is 5.73 Å². The standard InChI is InChI=1S/C9H11BrN2/c1-2-3-8(7-11)4-5-9(12)6-10/h2-5H,6,12H2,1H3/b3-2+,8-4+,9-5-. The van der Waals surface area contributed by atoms with Crippen LogP contribution in [0.5, 0.6) is 0 Å². The van der Waals surface area contributed by atoms with E-state index < -0.39 is 0 Å². The molecule has 0 aliphatic rings. The van der Waals surface area contributed by atoms with E-state index in [-0.39, 0.29) is 0 Å². The number of hydrogen-bond donors (Lipinski definition) is 1. The summed E-state index contributed by atoms with van der Waals surface area (Å²) in [5.41, 5.74) is 6.81. The van der Waals surface area contributed by atoms with Gasteiger partial charge in [0.2, 0.25) is 0 Å². The molecule has 2 N–H and O–H groups in total. The first-order chi connectivity index (χ1) is 5.74. The zero-order valence-corrected chi connectivity index (χ0v) is 8.51. The van der Waals surface area contributed by atoms with Gasteiger partial charge in [-0.05, 0) is 25.2 Å². The maximum absolute atomic E-state index is 8.59. The molecule has 2 nitrogen and oxygen atoms in total. The van der Waals surface area contributed by atoms with Gasteiger partial charge in [-0.3, -0.25) is 0 Å². The van der Waals surface area contributed by atoms with E-state index in [2.05, 4.69) is 15.9 Å². The van der Waals surface area contributed by atoms with Crippen molar-refractivity contribution >= 4 is 15.9 Å². The SMILES string of the molecule is C/C=C/C(C#N)=C\C=C(/N)CBr. The summed E-state index contributed by atoms with van der Waals surface area (Å²) in [4.78, 5) is 0. The zero-order valence-electron chi connectivity index (χ0n) is 6.92. The molecule has 0 radical (unpaired) electrons. The van der Waals surface area contributed by atoms with E-state index in [1.54, 1.807) is 18.2 Å². The number of nitrogens with zero attached hydrogens (tertiary/aromatic N) is 1. The van der Waals surface area contributed by atoms with E-state index in [1.165, 1.54) is 0 Å². The Balaban J connectivity index is 4.43. The minimum absolute atomic E-state index is 0.599. The predicted molar refractivity (Wildman–Crippen MR) is 54.6 cm³/mol. The third kappa shape index (κ3) is 4.75. The Hall–Kier alpha value is -1.01. The molecular weight excluding hydrogens is 216 g/mol. The molecule has 0 unspecified atom stereocenters. The van der Waals surface area contributed by atoms with Gasteiger partial charge in [-0.1, -0.05) is 22.0 Å². The summed E-state index contributed by atoms with van der Waals surface area (Å²) in [5, 5.41) is 9.21. The quantitative estimate of drug-likeness (QED) is 0.456. The molecule has 3 heteroatoms. The predicted octanol–water partition coefficient (Wildman–Crippen LogP) is 2.25. The Bertz CT molecular complexity index is 256. The first-order valence-corrected chi connectivity index (χ1v) is 4.61. The number of nitriles is 1. The molecule has 0 rings (SSSR count). The lowest BCUT2D eigenvalue weighted by Crippen LogP contribution is -1.96. The monoisotopic (exact) mass is 226 g/mol. The highest BCUT2D eigenvalue weighted by Crippen LogP contribution is 1.98. The van der Waals surface area contributed by atoms with E-state index in [0.717, 1.165) is 0 Å². The van der Waals surface area contributed by atoms with Crippen LogP contribution in [-0.4, -0.2) is 5.33 Å². The second kappa shape index (κ2) is 6.68. The summed E-state index contributed by atoms with van der Waals surface area (Å²) in [7, 11) is 0. The Labute approximate surface area is 81.2 Å². The van der Waals surface area contributed by atoms with Crippen molar-refractivity contribution in [1.29, 1.82) is 5.26 Å². The molecule has 0 saturated heterocycles. The summed E-state index contributed by atoms with van der Waals surface area (Å²) in [5.74, 6) is 0. The molecule has 0 aromatic rings. The lowest BCUT2D eigenvalue weighted by atomic mass is 10.2. The summed E-state index contributed by atoms with van der Waals surface area (Å²) in [6.45, 7) is 1.86. The lowest BCUT2D eigenvalue weighted by molar-refractivity contribution is 1.34. The maximum Gasteiger partial charge on any atom is 0.0991 e. The number of alkyl halides is 1. The largest absolute Gasteiger partial charge is 0.401 e. The van der Waals surface area contributed by atoms with Crippen LogP contribution >= 0.6 is 15.9 Å². The Morgan fingerprint density at radius 1 is 1.58 bits per heavy atom. The topological polar surface area (TPSA) is 49.8 Å². The third-order valence-electron chi connectivity index (χ3n) is 1.11. The highest BCUT2D eigenvalue weighted by Gasteiger charge is 1.86. The minimum Gasteiger partial charge on any atom is -0.401 e. The fraction of sp³-hybridized carbons (Fsp3) is 0.222. The van der Waals surface area contributed by atoms with E-state index in [0.29, 0.717) is 16.6 Å². The Morgan fingerprint density at radius 3 is 2.67 bits per heavy atom. The van der Waals surface area contributed by atoms with Gasteiger partial charge in [0, 0.05) is 11.0 Å². The fourth-order valence-corrected chi connectivity index (χ4v) is 0.738. The number of rotatable bonds is 3. The van der Waals surface area contributed by atoms with Gasteiger partial charge in [-0.25, -0.2) is 0 Å². The number of allylic oxidation sites excluding steroid dienone is 6. The van der Waals surface area contributed by atoms with Gasteiger partial charge in [0.1, 0.15) is 0 Å². The summed E-state index contributed by atoms with van der Waals surface area (Å²) in [6, 6.07) is 2.04. The smallest absolute Gasteiger partial charge is 0.0991 e. The summed E-state index contributed by atoms with van der Waals surface area (Å²) in [6.07, 6.45) is 6.95. The van der Waals surface area contributed by atoms with Crippen LogP contribution in [0.4, 0.5) is 0 Å². The van der Waals surface area contributed by atoms with Crippen molar-refractivity contribution < 1.29 is 0 Å². The zero-order chi connectivity index (χ0) is 9.40. The summed E-state index contributed by atoms with van der Waals surface area (Å²) >= 11 is 3.20. The van der Waals surface area contributed by atoms with Crippen LogP contribution in [0, 0.1) is 11.3 Å². The molecule has 0 heterocycles. The van der Waals surface area contributed by atoms with Crippen LogP contribution in [0.1, 0.15) is 6.92 Å². The number of nitrogens with two attached hydrogens (primary N) is 1. The molecule has 0 aliphatic heterocycles. The number of hydrogen-bond acceptors (Lipinski definition) is 2. The molecule has 0 aromatic carbocycles. The van der Waals surface area contributed by atoms with Crippen LogP contribution in [-0.2, 0) is 0 Å². The van der Waals surface area contributed by atoms with Crippen molar-refractivity contribution in [2.75, 3.05) is 5.33 Å². The van der Waals surface area contributed by atoms with Gasteiger partial charge in [0.05, 0.1) is 11.6 Å². The molecule has 0 atom stereocenters. The van der Waals surface area contributed by atoms with E-state index in [9.17, 15) is 0 Å². The second-order valence-electron chi connectivity index (χ2n) is 2.11. The van der Waals surface area contributed by atoms with Crippen LogP contribution in [0.3, 0.4) is 0 Å². The molecule has 0 saturated carbocycles. The van der Waals surface area contributed by atoms with Crippen LogP contribution in [0.25, 0.3) is 0 Å². The normalized spacial score (nSPS) is 13.4. The molecule has 0 bridgehead atoms. The molecule has 12 heavy (non-hydrogen) atoms. The molecule has 0 spiro atoms. The maximum atomic E-state index is 8.59. The first-order valence-electron chi connectivity index (χ1n) is 3.49. The average molecular weight is 227 g/mol. The lowest BCUT2D eigenvalue weighted by Gasteiger charge is -1.89. The number of halogens is 1. The van der Waals surface area contributed by atoms with Crippen molar-refractivity contribution in [2.45, 2.75) is 6.92 Å². The van der Waals surface area contributed by atoms with Gasteiger partial charge in [0.15, 0.2) is 0 Å². The minimum atomic E-state index is 0.599. The van der Waals surface area contributed by atoms with E-state index in [4.69, 9.17) is 11.0 Å². The summed E-state index contributed by atoms with van der Waals surface area (Å²) < 4.78 is 0. The third-order valence-corrected chi connectivity index (χ3v) is 1.75. The molecule has 0 aliphatic carbocycles. The molecule has 0 amide bonds. The van der Waals surface area contributed by atoms with E-state index >= 15 is 0 Å². The highest BCUT2D eigenvalue weighted by molar-refractivity contribution is 9.09.